The van der Waals surface area contributed by atoms with Gasteiger partial charge in [-0.25, -0.2) is 0 Å². The Bertz CT molecular complexity index is 2710. The van der Waals surface area contributed by atoms with E-state index in [1.165, 1.54) is 0 Å². The fraction of sp³-hybridized carbons (Fsp3) is 0.0222. The predicted octanol–water partition coefficient (Wildman–Crippen LogP) is 10.8. The number of terminal acetylenes is 1. The van der Waals surface area contributed by atoms with Gasteiger partial charge in [0.05, 0.1) is 45.1 Å². The quantitative estimate of drug-likeness (QED) is 0.179. The summed E-state index contributed by atoms with van der Waals surface area (Å²) in [5, 5.41) is 24.5. The van der Waals surface area contributed by atoms with Crippen LogP contribution in [0.4, 0.5) is 0 Å². The van der Waals surface area contributed by atoms with Crippen LogP contribution in [0, 0.1) is 41.9 Å². The zero-order valence-electron chi connectivity index (χ0n) is 26.7. The lowest BCUT2D eigenvalue weighted by Crippen LogP contribution is -2.01. The molecule has 0 aliphatic rings. The number of allylic oxidation sites excluding steroid dienone is 1. The Hall–Kier alpha value is -7.06. The van der Waals surface area contributed by atoms with Crippen LogP contribution in [0.2, 0.25) is 0 Å². The second-order valence-corrected chi connectivity index (χ2v) is 11.9. The van der Waals surface area contributed by atoms with Gasteiger partial charge in [-0.15, -0.1) is 6.42 Å². The normalized spacial score (nSPS) is 11.2. The summed E-state index contributed by atoms with van der Waals surface area (Å²) in [6, 6.07) is 49.8. The summed E-state index contributed by atoms with van der Waals surface area (Å²) in [5.74, 6) is 2.62. The fourth-order valence-corrected chi connectivity index (χ4v) is 7.24. The molecule has 0 N–H and O–H groups in total. The summed E-state index contributed by atoms with van der Waals surface area (Å²) >= 11 is 0. The minimum Gasteiger partial charge on any atom is -0.313 e. The highest BCUT2D eigenvalue weighted by molar-refractivity contribution is 6.09. The summed E-state index contributed by atoms with van der Waals surface area (Å²) < 4.78 is 4.41. The zero-order valence-corrected chi connectivity index (χ0v) is 26.7. The molecule has 0 saturated heterocycles. The molecular weight excluding hydrogens is 597 g/mol. The van der Waals surface area contributed by atoms with Gasteiger partial charge in [-0.2, -0.15) is 10.5 Å². The maximum absolute atomic E-state index is 10.7. The molecule has 0 atom stereocenters. The second kappa shape index (κ2) is 11.9. The van der Waals surface area contributed by atoms with E-state index in [2.05, 4.69) is 82.6 Å². The van der Waals surface area contributed by atoms with Crippen molar-refractivity contribution in [1.29, 1.82) is 10.5 Å². The van der Waals surface area contributed by atoms with Gasteiger partial charge in [-0.3, -0.25) is 0 Å². The first-order valence-electron chi connectivity index (χ1n) is 16.0. The SMILES string of the molecule is C#C/C=C\c1c(C)n(-c2ccccc2-c2cc(-c3cccc(-n4c5ccccc5c5ccccc54)c3C#N)ccc2C#N)c2ccccc12. The van der Waals surface area contributed by atoms with Crippen molar-refractivity contribution in [2.45, 2.75) is 6.92 Å². The fourth-order valence-electron chi connectivity index (χ4n) is 7.24. The van der Waals surface area contributed by atoms with E-state index in [9.17, 15) is 10.5 Å². The van der Waals surface area contributed by atoms with E-state index in [1.807, 2.05) is 91.0 Å². The third-order valence-electron chi connectivity index (χ3n) is 9.37. The van der Waals surface area contributed by atoms with Gasteiger partial charge in [0.1, 0.15) is 6.07 Å². The molecule has 0 aliphatic carbocycles. The van der Waals surface area contributed by atoms with E-state index in [0.717, 1.165) is 77.6 Å². The van der Waals surface area contributed by atoms with Crippen molar-refractivity contribution < 1.29 is 0 Å². The number of rotatable bonds is 5. The highest BCUT2D eigenvalue weighted by atomic mass is 15.0. The first-order chi connectivity index (χ1) is 24.1. The average molecular weight is 625 g/mol. The van der Waals surface area contributed by atoms with Gasteiger partial charge < -0.3 is 9.13 Å². The Kier molecular flexibility index (Phi) is 7.15. The predicted molar refractivity (Wildman–Crippen MR) is 201 cm³/mol. The topological polar surface area (TPSA) is 57.4 Å². The molecule has 4 nitrogen and oxygen atoms in total. The molecule has 0 radical (unpaired) electrons. The molecular formula is C45H28N4. The van der Waals surface area contributed by atoms with Crippen molar-refractivity contribution in [3.63, 3.8) is 0 Å². The van der Waals surface area contributed by atoms with Crippen molar-refractivity contribution in [1.82, 2.24) is 9.13 Å². The standard InChI is InChI=1S/C45H28N4/c1-3-4-14-33-30(2)48(41-20-9-5-15-35(33)41)42-21-10-8-18-38(42)39-27-31(25-26-32(39)28-46)34-19-13-24-45(40(34)29-47)49-43-22-11-6-16-36(43)37-17-7-12-23-44(37)49/h1,4-27H,2H3/b14-4-. The molecule has 0 aliphatic heterocycles. The largest absolute Gasteiger partial charge is 0.313 e. The van der Waals surface area contributed by atoms with Gasteiger partial charge in [0, 0.05) is 44.1 Å². The molecule has 0 saturated carbocycles. The van der Waals surface area contributed by atoms with Gasteiger partial charge in [0.15, 0.2) is 0 Å². The van der Waals surface area contributed by atoms with E-state index >= 15 is 0 Å². The van der Waals surface area contributed by atoms with E-state index < -0.39 is 0 Å². The third kappa shape index (κ3) is 4.62. The van der Waals surface area contributed by atoms with E-state index in [0.29, 0.717) is 11.1 Å². The number of nitrogens with zero attached hydrogens (tertiary/aromatic N) is 4. The summed E-state index contributed by atoms with van der Waals surface area (Å²) in [6.45, 7) is 2.09. The first-order valence-corrected chi connectivity index (χ1v) is 16.0. The number of nitriles is 2. The number of fused-ring (bicyclic) bond motifs is 4. The minimum atomic E-state index is 0.551. The number of hydrogen-bond acceptors (Lipinski definition) is 2. The highest BCUT2D eigenvalue weighted by Crippen LogP contribution is 2.40. The Morgan fingerprint density at radius 1 is 0.571 bits per heavy atom. The van der Waals surface area contributed by atoms with Crippen LogP contribution in [0.25, 0.3) is 72.4 Å². The maximum Gasteiger partial charge on any atom is 0.102 e. The van der Waals surface area contributed by atoms with Crippen molar-refractivity contribution >= 4 is 38.8 Å². The molecule has 0 spiro atoms. The number of benzene rings is 6. The monoisotopic (exact) mass is 624 g/mol. The van der Waals surface area contributed by atoms with Crippen LogP contribution in [-0.4, -0.2) is 9.13 Å². The smallest absolute Gasteiger partial charge is 0.102 e. The second-order valence-electron chi connectivity index (χ2n) is 11.9. The van der Waals surface area contributed by atoms with Crippen molar-refractivity contribution in [2.75, 3.05) is 0 Å². The molecule has 6 aromatic carbocycles. The lowest BCUT2D eigenvalue weighted by molar-refractivity contribution is 1.05. The van der Waals surface area contributed by atoms with Crippen LogP contribution >= 0.6 is 0 Å². The Balaban J connectivity index is 1.35. The summed E-state index contributed by atoms with van der Waals surface area (Å²) in [5.41, 5.74) is 11.5. The lowest BCUT2D eigenvalue weighted by Gasteiger charge is -2.17. The van der Waals surface area contributed by atoms with Gasteiger partial charge in [-0.1, -0.05) is 96.9 Å². The molecule has 228 valence electrons. The molecule has 0 fully saturated rings. The Morgan fingerprint density at radius 2 is 1.16 bits per heavy atom. The van der Waals surface area contributed by atoms with Crippen LogP contribution in [0.15, 0.2) is 140 Å². The lowest BCUT2D eigenvalue weighted by atomic mass is 9.92. The molecule has 8 rings (SSSR count). The van der Waals surface area contributed by atoms with Crippen molar-refractivity contribution in [3.8, 4) is 58.1 Å². The summed E-state index contributed by atoms with van der Waals surface area (Å²) in [4.78, 5) is 0. The highest BCUT2D eigenvalue weighted by Gasteiger charge is 2.21. The van der Waals surface area contributed by atoms with Crippen molar-refractivity contribution in [3.05, 3.63) is 162 Å². The van der Waals surface area contributed by atoms with Gasteiger partial charge >= 0.3 is 0 Å². The van der Waals surface area contributed by atoms with Crippen molar-refractivity contribution in [2.24, 2.45) is 0 Å². The van der Waals surface area contributed by atoms with E-state index in [4.69, 9.17) is 6.42 Å². The van der Waals surface area contributed by atoms with E-state index in [1.54, 1.807) is 6.08 Å². The van der Waals surface area contributed by atoms with Gasteiger partial charge in [0.2, 0.25) is 0 Å². The number of hydrogen-bond donors (Lipinski definition) is 0. The molecule has 8 aromatic rings. The van der Waals surface area contributed by atoms with Crippen LogP contribution in [0.1, 0.15) is 22.4 Å². The molecule has 0 amide bonds. The van der Waals surface area contributed by atoms with Crippen LogP contribution < -0.4 is 0 Å². The number of para-hydroxylation sites is 4. The molecule has 4 heteroatoms. The average Bonchev–Trinajstić information content (AvgIpc) is 3.64. The zero-order chi connectivity index (χ0) is 33.5. The van der Waals surface area contributed by atoms with Gasteiger partial charge in [0.25, 0.3) is 0 Å². The number of aromatic nitrogens is 2. The van der Waals surface area contributed by atoms with E-state index in [-0.39, 0.29) is 0 Å². The maximum atomic E-state index is 10.7. The molecule has 0 unspecified atom stereocenters. The molecule has 2 aromatic heterocycles. The third-order valence-corrected chi connectivity index (χ3v) is 9.37. The first kappa shape index (κ1) is 29.3. The van der Waals surface area contributed by atoms with Crippen LogP contribution in [0.5, 0.6) is 0 Å². The van der Waals surface area contributed by atoms with Crippen LogP contribution in [-0.2, 0) is 0 Å². The van der Waals surface area contributed by atoms with Crippen LogP contribution in [0.3, 0.4) is 0 Å². The van der Waals surface area contributed by atoms with Gasteiger partial charge in [-0.05, 0) is 67.1 Å². The Morgan fingerprint density at radius 3 is 1.84 bits per heavy atom. The summed E-state index contributed by atoms with van der Waals surface area (Å²) in [7, 11) is 0. The summed E-state index contributed by atoms with van der Waals surface area (Å²) in [6.07, 6.45) is 9.30. The Labute approximate surface area is 284 Å². The minimum absolute atomic E-state index is 0.551. The molecule has 0 bridgehead atoms. The molecule has 49 heavy (non-hydrogen) atoms. The molecule has 2 heterocycles.